The first-order valence-corrected chi connectivity index (χ1v) is 7.53. The van der Waals surface area contributed by atoms with E-state index in [0.717, 1.165) is 11.1 Å². The summed E-state index contributed by atoms with van der Waals surface area (Å²) in [7, 11) is 1.37. The molecule has 6 heteroatoms. The first-order valence-electron chi connectivity index (χ1n) is 5.23. The predicted octanol–water partition coefficient (Wildman–Crippen LogP) is 3.06. The fourth-order valence-corrected chi connectivity index (χ4v) is 1.93. The molecule has 0 unspecified atom stereocenters. The van der Waals surface area contributed by atoms with Gasteiger partial charge in [0.25, 0.3) is 0 Å². The van der Waals surface area contributed by atoms with Crippen LogP contribution in [0, 0.1) is 0 Å². The number of ether oxygens (including phenoxy) is 1. The predicted molar refractivity (Wildman–Crippen MR) is 74.4 cm³/mol. The van der Waals surface area contributed by atoms with E-state index in [4.69, 9.17) is 13.1 Å². The molecule has 18 heavy (non-hydrogen) atoms. The summed E-state index contributed by atoms with van der Waals surface area (Å²) in [6, 6.07) is 5.49. The van der Waals surface area contributed by atoms with Gasteiger partial charge in [-0.15, -0.1) is 0 Å². The molecule has 0 saturated heterocycles. The Bertz CT molecular complexity index is 369. The second-order valence-electron chi connectivity index (χ2n) is 3.39. The van der Waals surface area contributed by atoms with E-state index in [9.17, 15) is 4.79 Å². The molecule has 0 aromatic heterocycles. The number of benzene rings is 1. The Balaban J connectivity index is 2.91. The van der Waals surface area contributed by atoms with Gasteiger partial charge in [-0.25, -0.2) is 4.79 Å². The molecule has 0 bridgehead atoms. The van der Waals surface area contributed by atoms with Gasteiger partial charge in [0.1, 0.15) is 0 Å². The Labute approximate surface area is 116 Å². The smallest absolute Gasteiger partial charge is 0.337 e. The highest BCUT2D eigenvalue weighted by Crippen LogP contribution is 2.16. The van der Waals surface area contributed by atoms with Crippen LogP contribution < -0.4 is 0 Å². The van der Waals surface area contributed by atoms with Gasteiger partial charge in [0.2, 0.25) is 0 Å². The highest BCUT2D eigenvalue weighted by atomic mass is 32.2. The molecule has 0 spiro atoms. The van der Waals surface area contributed by atoms with E-state index in [1.54, 1.807) is 12.1 Å². The maximum absolute atomic E-state index is 11.6. The number of hydrogen-bond donors (Lipinski definition) is 0. The average molecular weight is 288 g/mol. The number of carbonyl (C=O) groups excluding carboxylic acids is 1. The minimum absolute atomic E-state index is 0.355. The maximum Gasteiger partial charge on any atom is 0.337 e. The Kier molecular flexibility index (Phi) is 7.19. The van der Waals surface area contributed by atoms with Gasteiger partial charge in [0.05, 0.1) is 25.9 Å². The molecule has 0 N–H and O–H groups in total. The largest absolute Gasteiger partial charge is 0.465 e. The van der Waals surface area contributed by atoms with Crippen molar-refractivity contribution >= 4 is 30.1 Å². The Morgan fingerprint density at radius 2 is 1.56 bits per heavy atom. The molecule has 100 valence electrons. The van der Waals surface area contributed by atoms with Gasteiger partial charge < -0.3 is 13.1 Å². The van der Waals surface area contributed by atoms with Crippen LogP contribution in [-0.2, 0) is 26.3 Å². The van der Waals surface area contributed by atoms with E-state index in [1.807, 2.05) is 18.6 Å². The van der Waals surface area contributed by atoms with Gasteiger partial charge in [-0.2, -0.15) is 0 Å². The summed E-state index contributed by atoms with van der Waals surface area (Å²) < 4.78 is 15.3. The van der Waals surface area contributed by atoms with Crippen molar-refractivity contribution in [3.8, 4) is 0 Å². The Morgan fingerprint density at radius 1 is 1.06 bits per heavy atom. The molecule has 0 aliphatic rings. The molecule has 0 amide bonds. The molecular formula is C12H16O4S2. The first-order chi connectivity index (χ1) is 8.71. The third-order valence-corrected chi connectivity index (χ3v) is 2.87. The van der Waals surface area contributed by atoms with Gasteiger partial charge in [0.15, 0.2) is 0 Å². The van der Waals surface area contributed by atoms with Crippen LogP contribution in [0.25, 0.3) is 0 Å². The van der Waals surface area contributed by atoms with Gasteiger partial charge in [-0.05, 0) is 47.3 Å². The van der Waals surface area contributed by atoms with Gasteiger partial charge in [0, 0.05) is 12.5 Å². The highest BCUT2D eigenvalue weighted by molar-refractivity contribution is 7.94. The van der Waals surface area contributed by atoms with Crippen LogP contribution >= 0.6 is 24.1 Å². The lowest BCUT2D eigenvalue weighted by Gasteiger charge is -2.08. The van der Waals surface area contributed by atoms with Crippen LogP contribution in [0.5, 0.6) is 0 Å². The molecule has 0 aliphatic heterocycles. The van der Waals surface area contributed by atoms with Crippen molar-refractivity contribution in [2.45, 2.75) is 13.2 Å². The Hall–Kier alpha value is -0.690. The first kappa shape index (κ1) is 15.4. The standard InChI is InChI=1S/C12H16O4S2/c1-14-12(13)11-5-9(7-15-17-2)4-10(6-11)8-16-18-3/h4-6H,7-8H2,1-3H3. The summed E-state index contributed by atoms with van der Waals surface area (Å²) in [5.74, 6) is -0.355. The molecule has 1 rings (SSSR count). The zero-order valence-corrected chi connectivity index (χ0v) is 12.2. The number of esters is 1. The number of carbonyl (C=O) groups is 1. The molecule has 0 heterocycles. The van der Waals surface area contributed by atoms with Crippen LogP contribution in [0.2, 0.25) is 0 Å². The molecule has 1 aromatic carbocycles. The molecule has 0 aliphatic carbocycles. The van der Waals surface area contributed by atoms with Crippen molar-refractivity contribution in [3.05, 3.63) is 34.9 Å². The quantitative estimate of drug-likeness (QED) is 0.567. The van der Waals surface area contributed by atoms with Crippen LogP contribution in [0.4, 0.5) is 0 Å². The highest BCUT2D eigenvalue weighted by Gasteiger charge is 2.09. The normalized spacial score (nSPS) is 10.4. The van der Waals surface area contributed by atoms with Crippen LogP contribution in [0.1, 0.15) is 21.5 Å². The van der Waals surface area contributed by atoms with E-state index in [-0.39, 0.29) is 5.97 Å². The average Bonchev–Trinajstić information content (AvgIpc) is 2.41. The zero-order valence-electron chi connectivity index (χ0n) is 10.6. The molecule has 0 atom stereocenters. The van der Waals surface area contributed by atoms with Gasteiger partial charge in [-0.3, -0.25) is 0 Å². The van der Waals surface area contributed by atoms with E-state index in [2.05, 4.69) is 0 Å². The van der Waals surface area contributed by atoms with Crippen molar-refractivity contribution in [3.63, 3.8) is 0 Å². The lowest BCUT2D eigenvalue weighted by molar-refractivity contribution is 0.0600. The maximum atomic E-state index is 11.6. The van der Waals surface area contributed by atoms with E-state index >= 15 is 0 Å². The number of methoxy groups -OCH3 is 1. The fraction of sp³-hybridized carbons (Fsp3) is 0.417. The van der Waals surface area contributed by atoms with E-state index in [1.165, 1.54) is 31.2 Å². The van der Waals surface area contributed by atoms with Crippen molar-refractivity contribution in [2.75, 3.05) is 19.6 Å². The SMILES string of the molecule is COC(=O)c1cc(COSC)cc(COSC)c1. The van der Waals surface area contributed by atoms with E-state index in [0.29, 0.717) is 18.8 Å². The van der Waals surface area contributed by atoms with Crippen molar-refractivity contribution in [2.24, 2.45) is 0 Å². The molecular weight excluding hydrogens is 272 g/mol. The summed E-state index contributed by atoms with van der Waals surface area (Å²) in [5, 5.41) is 0. The molecule has 0 saturated carbocycles. The second-order valence-corrected chi connectivity index (χ2v) is 4.53. The minimum Gasteiger partial charge on any atom is -0.465 e. The van der Waals surface area contributed by atoms with Gasteiger partial charge in [-0.1, -0.05) is 6.07 Å². The number of hydrogen-bond acceptors (Lipinski definition) is 6. The van der Waals surface area contributed by atoms with Crippen LogP contribution in [0.3, 0.4) is 0 Å². The monoisotopic (exact) mass is 288 g/mol. The summed E-state index contributed by atoms with van der Waals surface area (Å²) in [6.45, 7) is 0.885. The van der Waals surface area contributed by atoms with Gasteiger partial charge >= 0.3 is 5.97 Å². The fourth-order valence-electron chi connectivity index (χ4n) is 1.42. The minimum atomic E-state index is -0.355. The zero-order chi connectivity index (χ0) is 13.4. The molecule has 4 nitrogen and oxygen atoms in total. The van der Waals surface area contributed by atoms with E-state index < -0.39 is 0 Å². The lowest BCUT2D eigenvalue weighted by atomic mass is 10.1. The van der Waals surface area contributed by atoms with Crippen molar-refractivity contribution in [1.82, 2.24) is 0 Å². The molecule has 0 fully saturated rings. The third-order valence-electron chi connectivity index (χ3n) is 2.16. The topological polar surface area (TPSA) is 44.8 Å². The third kappa shape index (κ3) is 4.89. The molecule has 1 aromatic rings. The summed E-state index contributed by atoms with van der Waals surface area (Å²) in [5.41, 5.74) is 2.36. The molecule has 0 radical (unpaired) electrons. The van der Waals surface area contributed by atoms with Crippen LogP contribution in [-0.4, -0.2) is 25.6 Å². The second kappa shape index (κ2) is 8.42. The van der Waals surface area contributed by atoms with Crippen LogP contribution in [0.15, 0.2) is 18.2 Å². The summed E-state index contributed by atoms with van der Waals surface area (Å²) >= 11 is 2.58. The summed E-state index contributed by atoms with van der Waals surface area (Å²) in [6.07, 6.45) is 3.70. The lowest BCUT2D eigenvalue weighted by Crippen LogP contribution is -2.04. The summed E-state index contributed by atoms with van der Waals surface area (Å²) in [4.78, 5) is 11.6. The van der Waals surface area contributed by atoms with Crippen molar-refractivity contribution < 1.29 is 17.9 Å². The number of rotatable bonds is 7. The van der Waals surface area contributed by atoms with Crippen molar-refractivity contribution in [1.29, 1.82) is 0 Å². The Morgan fingerprint density at radius 3 is 1.94 bits per heavy atom.